The van der Waals surface area contributed by atoms with E-state index in [1.54, 1.807) is 24.3 Å². The van der Waals surface area contributed by atoms with E-state index in [4.69, 9.17) is 11.6 Å². The van der Waals surface area contributed by atoms with E-state index in [1.807, 2.05) is 0 Å². The van der Waals surface area contributed by atoms with Gasteiger partial charge in [-0.2, -0.15) is 0 Å². The molecule has 0 atom stereocenters. The van der Waals surface area contributed by atoms with Crippen molar-refractivity contribution in [3.8, 4) is 0 Å². The van der Waals surface area contributed by atoms with Crippen molar-refractivity contribution in [3.63, 3.8) is 0 Å². The molecule has 1 nitrogen and oxygen atoms in total. The van der Waals surface area contributed by atoms with E-state index in [2.05, 4.69) is 31.9 Å². The highest BCUT2D eigenvalue weighted by Gasteiger charge is 2.11. The summed E-state index contributed by atoms with van der Waals surface area (Å²) in [5.41, 5.74) is 1.26. The summed E-state index contributed by atoms with van der Waals surface area (Å²) in [6.07, 6.45) is 0.188. The normalized spacial score (nSPS) is 10.5. The number of hydrogen-bond donors (Lipinski definition) is 0. The molecule has 2 rings (SSSR count). The lowest BCUT2D eigenvalue weighted by Crippen LogP contribution is -2.04. The molecule has 0 heterocycles. The van der Waals surface area contributed by atoms with Gasteiger partial charge in [-0.3, -0.25) is 4.79 Å². The van der Waals surface area contributed by atoms with E-state index in [-0.39, 0.29) is 18.0 Å². The predicted octanol–water partition coefficient (Wildman–Crippen LogP) is 5.43. The van der Waals surface area contributed by atoms with Crippen LogP contribution in [0.1, 0.15) is 15.9 Å². The summed E-state index contributed by atoms with van der Waals surface area (Å²) in [6, 6.07) is 9.32. The van der Waals surface area contributed by atoms with Crippen LogP contribution in [0.2, 0.25) is 5.02 Å². The highest BCUT2D eigenvalue weighted by Crippen LogP contribution is 2.23. The first-order chi connectivity index (χ1) is 8.95. The van der Waals surface area contributed by atoms with Gasteiger partial charge in [0.2, 0.25) is 0 Å². The van der Waals surface area contributed by atoms with Crippen molar-refractivity contribution in [1.82, 2.24) is 0 Å². The Morgan fingerprint density at radius 3 is 2.53 bits per heavy atom. The van der Waals surface area contributed by atoms with Crippen molar-refractivity contribution in [2.45, 2.75) is 6.42 Å². The van der Waals surface area contributed by atoms with Crippen molar-refractivity contribution < 1.29 is 9.18 Å². The van der Waals surface area contributed by atoms with E-state index in [9.17, 15) is 9.18 Å². The van der Waals surface area contributed by atoms with E-state index in [0.29, 0.717) is 15.1 Å². The number of carbonyl (C=O) groups excluding carboxylic acids is 1. The molecular formula is C14H8Br2ClFO. The monoisotopic (exact) mass is 404 g/mol. The number of ketones is 1. The Kier molecular flexibility index (Phi) is 4.76. The van der Waals surface area contributed by atoms with Crippen LogP contribution >= 0.6 is 43.5 Å². The maximum absolute atomic E-state index is 13.0. The average Bonchev–Trinajstić information content (AvgIpc) is 2.31. The molecule has 0 unspecified atom stereocenters. The van der Waals surface area contributed by atoms with Gasteiger partial charge in [0.1, 0.15) is 5.82 Å². The Morgan fingerprint density at radius 1 is 1.16 bits per heavy atom. The summed E-state index contributed by atoms with van der Waals surface area (Å²) in [7, 11) is 0. The van der Waals surface area contributed by atoms with Gasteiger partial charge in [0, 0.05) is 26.0 Å². The van der Waals surface area contributed by atoms with Crippen LogP contribution in [0.25, 0.3) is 0 Å². The first kappa shape index (κ1) is 14.7. The summed E-state index contributed by atoms with van der Waals surface area (Å²) in [6.45, 7) is 0. The summed E-state index contributed by atoms with van der Waals surface area (Å²) in [4.78, 5) is 12.2. The topological polar surface area (TPSA) is 17.1 Å². The highest BCUT2D eigenvalue weighted by molar-refractivity contribution is 9.10. The van der Waals surface area contributed by atoms with Crippen molar-refractivity contribution in [3.05, 3.63) is 67.3 Å². The fourth-order valence-corrected chi connectivity index (χ4v) is 3.01. The van der Waals surface area contributed by atoms with Crippen LogP contribution in [0.5, 0.6) is 0 Å². The maximum Gasteiger partial charge on any atom is 0.167 e. The lowest BCUT2D eigenvalue weighted by atomic mass is 10.0. The molecule has 2 aromatic rings. The fraction of sp³-hybridized carbons (Fsp3) is 0.0714. The summed E-state index contributed by atoms with van der Waals surface area (Å²) < 4.78 is 14.3. The van der Waals surface area contributed by atoms with Gasteiger partial charge in [-0.25, -0.2) is 4.39 Å². The zero-order chi connectivity index (χ0) is 14.0. The first-order valence-corrected chi connectivity index (χ1v) is 7.35. The molecule has 2 aromatic carbocycles. The Balaban J connectivity index is 2.25. The third-order valence-corrected chi connectivity index (χ3v) is 3.96. The average molecular weight is 406 g/mol. The quantitative estimate of drug-likeness (QED) is 0.621. The molecule has 0 aromatic heterocycles. The number of benzene rings is 2. The zero-order valence-electron chi connectivity index (χ0n) is 9.59. The van der Waals surface area contributed by atoms with Crippen LogP contribution in [0.4, 0.5) is 4.39 Å². The van der Waals surface area contributed by atoms with Crippen LogP contribution < -0.4 is 0 Å². The Bertz CT molecular complexity index is 623. The molecule has 19 heavy (non-hydrogen) atoms. The largest absolute Gasteiger partial charge is 0.294 e. The van der Waals surface area contributed by atoms with Crippen LogP contribution in [-0.2, 0) is 6.42 Å². The van der Waals surface area contributed by atoms with Gasteiger partial charge in [-0.15, -0.1) is 0 Å². The lowest BCUT2D eigenvalue weighted by molar-refractivity contribution is 0.0992. The van der Waals surface area contributed by atoms with E-state index < -0.39 is 0 Å². The number of hydrogen-bond acceptors (Lipinski definition) is 1. The molecule has 0 amide bonds. The molecule has 0 fully saturated rings. The SMILES string of the molecule is O=C(Cc1ccc(F)cc1Br)c1cc(Cl)cc(Br)c1. The van der Waals surface area contributed by atoms with Gasteiger partial charge < -0.3 is 0 Å². The fourth-order valence-electron chi connectivity index (χ4n) is 1.65. The zero-order valence-corrected chi connectivity index (χ0v) is 13.5. The van der Waals surface area contributed by atoms with Gasteiger partial charge in [0.15, 0.2) is 5.78 Å². The third-order valence-electron chi connectivity index (χ3n) is 2.55. The molecule has 0 saturated heterocycles. The molecule has 0 saturated carbocycles. The first-order valence-electron chi connectivity index (χ1n) is 5.39. The molecule has 0 radical (unpaired) electrons. The summed E-state index contributed by atoms with van der Waals surface area (Å²) in [5.74, 6) is -0.413. The van der Waals surface area contributed by atoms with Crippen LogP contribution in [0, 0.1) is 5.82 Å². The van der Waals surface area contributed by atoms with Gasteiger partial charge >= 0.3 is 0 Å². The van der Waals surface area contributed by atoms with Crippen molar-refractivity contribution in [2.75, 3.05) is 0 Å². The number of rotatable bonds is 3. The minimum atomic E-state index is -0.339. The third kappa shape index (κ3) is 3.88. The van der Waals surface area contributed by atoms with E-state index in [0.717, 1.165) is 10.0 Å². The molecule has 0 bridgehead atoms. The number of Topliss-reactive ketones (excluding diaryl/α,β-unsaturated/α-hetero) is 1. The summed E-state index contributed by atoms with van der Waals surface area (Å²) >= 11 is 12.5. The second kappa shape index (κ2) is 6.16. The van der Waals surface area contributed by atoms with Crippen LogP contribution in [-0.4, -0.2) is 5.78 Å². The molecule has 0 aliphatic heterocycles. The molecule has 0 spiro atoms. The van der Waals surface area contributed by atoms with E-state index in [1.165, 1.54) is 12.1 Å². The summed E-state index contributed by atoms with van der Waals surface area (Å²) in [5, 5.41) is 0.496. The van der Waals surface area contributed by atoms with Crippen molar-refractivity contribution in [1.29, 1.82) is 0 Å². The minimum absolute atomic E-state index is 0.0736. The second-order valence-corrected chi connectivity index (χ2v) is 6.20. The van der Waals surface area contributed by atoms with Gasteiger partial charge in [-0.05, 0) is 35.9 Å². The second-order valence-electron chi connectivity index (χ2n) is 3.99. The van der Waals surface area contributed by atoms with Gasteiger partial charge in [0.25, 0.3) is 0 Å². The minimum Gasteiger partial charge on any atom is -0.294 e. The van der Waals surface area contributed by atoms with Crippen molar-refractivity contribution in [2.24, 2.45) is 0 Å². The lowest BCUT2D eigenvalue weighted by Gasteiger charge is -2.05. The molecule has 0 N–H and O–H groups in total. The highest BCUT2D eigenvalue weighted by atomic mass is 79.9. The smallest absolute Gasteiger partial charge is 0.167 e. The van der Waals surface area contributed by atoms with Gasteiger partial charge in [0.05, 0.1) is 0 Å². The van der Waals surface area contributed by atoms with Crippen LogP contribution in [0.15, 0.2) is 45.3 Å². The number of carbonyl (C=O) groups is 1. The van der Waals surface area contributed by atoms with Gasteiger partial charge in [-0.1, -0.05) is 49.5 Å². The van der Waals surface area contributed by atoms with Crippen molar-refractivity contribution >= 4 is 49.2 Å². The van der Waals surface area contributed by atoms with E-state index >= 15 is 0 Å². The Morgan fingerprint density at radius 2 is 1.89 bits per heavy atom. The Labute approximate surface area is 132 Å². The molecule has 98 valence electrons. The Hall–Kier alpha value is -0.710. The standard InChI is InChI=1S/C14H8Br2ClFO/c15-10-3-9(4-11(17)6-10)14(19)5-8-1-2-12(18)7-13(8)16/h1-4,6-7H,5H2. The predicted molar refractivity (Wildman–Crippen MR) is 81.3 cm³/mol. The van der Waals surface area contributed by atoms with Crippen LogP contribution in [0.3, 0.4) is 0 Å². The molecule has 0 aliphatic carbocycles. The molecular weight excluding hydrogens is 398 g/mol. The maximum atomic E-state index is 13.0. The number of halogens is 4. The molecule has 0 aliphatic rings. The molecule has 5 heteroatoms.